The van der Waals surface area contributed by atoms with Crippen LogP contribution in [0.5, 0.6) is 5.75 Å². The van der Waals surface area contributed by atoms with Gasteiger partial charge in [0.15, 0.2) is 0 Å². The SMILES string of the molecule is CN1CCNc2nc(CCOc3ccc(C4CC(CC(=O)OC(=O)C(F)(F)F)C4(C)C)cc3)ccc21. The highest BCUT2D eigenvalue weighted by atomic mass is 19.4. The van der Waals surface area contributed by atoms with Gasteiger partial charge in [0.25, 0.3) is 0 Å². The molecule has 2 aromatic rings. The number of ether oxygens (including phenoxy) is 2. The van der Waals surface area contributed by atoms with Crippen molar-refractivity contribution < 1.29 is 32.2 Å². The number of benzene rings is 1. The number of pyridine rings is 1. The van der Waals surface area contributed by atoms with Gasteiger partial charge in [-0.15, -0.1) is 0 Å². The molecule has 0 radical (unpaired) electrons. The molecule has 2 heterocycles. The highest BCUT2D eigenvalue weighted by molar-refractivity contribution is 5.88. The van der Waals surface area contributed by atoms with Gasteiger partial charge in [0.05, 0.1) is 12.3 Å². The van der Waals surface area contributed by atoms with Crippen molar-refractivity contribution in [1.82, 2.24) is 4.98 Å². The lowest BCUT2D eigenvalue weighted by atomic mass is 9.52. The Balaban J connectivity index is 1.26. The Hall–Kier alpha value is -3.30. The molecule has 0 spiro atoms. The van der Waals surface area contributed by atoms with E-state index in [1.807, 2.05) is 51.2 Å². The molecule has 1 aliphatic carbocycles. The van der Waals surface area contributed by atoms with Gasteiger partial charge in [0.1, 0.15) is 11.6 Å². The van der Waals surface area contributed by atoms with Gasteiger partial charge in [-0.3, -0.25) is 4.79 Å². The molecule has 1 saturated carbocycles. The number of esters is 2. The minimum Gasteiger partial charge on any atom is -0.493 e. The molecule has 1 aromatic carbocycles. The van der Waals surface area contributed by atoms with E-state index in [-0.39, 0.29) is 23.7 Å². The zero-order chi connectivity index (χ0) is 26.1. The van der Waals surface area contributed by atoms with E-state index in [1.54, 1.807) is 0 Å². The average molecular weight is 506 g/mol. The third-order valence-electron chi connectivity index (χ3n) is 7.31. The Morgan fingerprint density at radius 1 is 1.17 bits per heavy atom. The molecular weight excluding hydrogens is 475 g/mol. The zero-order valence-corrected chi connectivity index (χ0v) is 20.5. The first kappa shape index (κ1) is 25.8. The van der Waals surface area contributed by atoms with Crippen molar-refractivity contribution in [2.24, 2.45) is 11.3 Å². The maximum atomic E-state index is 12.3. The Bertz CT molecular complexity index is 1120. The number of fused-ring (bicyclic) bond motifs is 1. The molecule has 2 unspecified atom stereocenters. The lowest BCUT2D eigenvalue weighted by molar-refractivity contribution is -0.202. The summed E-state index contributed by atoms with van der Waals surface area (Å²) in [5, 5.41) is 3.32. The van der Waals surface area contributed by atoms with Crippen LogP contribution in [0.25, 0.3) is 0 Å². The molecule has 1 fully saturated rings. The van der Waals surface area contributed by atoms with Crippen LogP contribution in [0.1, 0.15) is 43.9 Å². The summed E-state index contributed by atoms with van der Waals surface area (Å²) in [6, 6.07) is 11.8. The number of nitrogens with zero attached hydrogens (tertiary/aromatic N) is 2. The molecule has 36 heavy (non-hydrogen) atoms. The molecule has 0 amide bonds. The summed E-state index contributed by atoms with van der Waals surface area (Å²) in [4.78, 5) is 29.5. The van der Waals surface area contributed by atoms with Crippen LogP contribution in [0.15, 0.2) is 36.4 Å². The summed E-state index contributed by atoms with van der Waals surface area (Å²) in [5.74, 6) is -2.03. The number of aromatic nitrogens is 1. The van der Waals surface area contributed by atoms with Gasteiger partial charge in [-0.1, -0.05) is 26.0 Å². The van der Waals surface area contributed by atoms with Crippen molar-refractivity contribution in [3.05, 3.63) is 47.7 Å². The molecule has 7 nitrogen and oxygen atoms in total. The van der Waals surface area contributed by atoms with Gasteiger partial charge < -0.3 is 19.7 Å². The number of rotatable bonds is 7. The van der Waals surface area contributed by atoms with E-state index in [0.29, 0.717) is 19.4 Å². The van der Waals surface area contributed by atoms with Crippen LogP contribution in [0.4, 0.5) is 24.7 Å². The topological polar surface area (TPSA) is 80.8 Å². The number of anilines is 2. The first-order valence-electron chi connectivity index (χ1n) is 11.9. The maximum Gasteiger partial charge on any atom is 0.491 e. The quantitative estimate of drug-likeness (QED) is 0.431. The lowest BCUT2D eigenvalue weighted by Gasteiger charge is -2.52. The summed E-state index contributed by atoms with van der Waals surface area (Å²) in [6.45, 7) is 6.22. The number of alkyl halides is 3. The standard InChI is InChI=1S/C26H30F3N3O4/c1-25(2)17(15-22(33)36-24(34)26(27,28)29)14-20(25)16-4-7-19(8-5-16)35-13-10-18-6-9-21-23(31-18)30-11-12-32(21)3/h4-9,17,20H,10-15H2,1-3H3,(H,30,31). The normalized spacial score (nSPS) is 20.6. The molecule has 1 N–H and O–H groups in total. The maximum absolute atomic E-state index is 12.3. The fraction of sp³-hybridized carbons (Fsp3) is 0.500. The fourth-order valence-electron chi connectivity index (χ4n) is 4.93. The van der Waals surface area contributed by atoms with E-state index in [2.05, 4.69) is 26.0 Å². The minimum atomic E-state index is -5.18. The van der Waals surface area contributed by atoms with Gasteiger partial charge >= 0.3 is 18.1 Å². The Kier molecular flexibility index (Phi) is 7.15. The highest BCUT2D eigenvalue weighted by Crippen LogP contribution is 2.58. The van der Waals surface area contributed by atoms with E-state index >= 15 is 0 Å². The summed E-state index contributed by atoms with van der Waals surface area (Å²) >= 11 is 0. The Morgan fingerprint density at radius 3 is 2.56 bits per heavy atom. The minimum absolute atomic E-state index is 0.132. The molecule has 1 aromatic heterocycles. The van der Waals surface area contributed by atoms with Crippen LogP contribution in [0.2, 0.25) is 0 Å². The second kappa shape index (κ2) is 9.99. The van der Waals surface area contributed by atoms with Crippen molar-refractivity contribution >= 4 is 23.4 Å². The van der Waals surface area contributed by atoms with Crippen molar-refractivity contribution in [2.75, 3.05) is 37.0 Å². The predicted octanol–water partition coefficient (Wildman–Crippen LogP) is 4.72. The van der Waals surface area contributed by atoms with Gasteiger partial charge in [-0.25, -0.2) is 9.78 Å². The number of carbonyl (C=O) groups is 2. The molecule has 10 heteroatoms. The lowest BCUT2D eigenvalue weighted by Crippen LogP contribution is -2.44. The van der Waals surface area contributed by atoms with Crippen LogP contribution >= 0.6 is 0 Å². The summed E-state index contributed by atoms with van der Waals surface area (Å²) < 4.78 is 46.8. The van der Waals surface area contributed by atoms with Gasteiger partial charge in [0, 0.05) is 38.7 Å². The smallest absolute Gasteiger partial charge is 0.491 e. The monoisotopic (exact) mass is 505 g/mol. The third-order valence-corrected chi connectivity index (χ3v) is 7.31. The van der Waals surface area contributed by atoms with Crippen LogP contribution in [0.3, 0.4) is 0 Å². The number of carbonyl (C=O) groups excluding carboxylic acids is 2. The molecule has 1 aliphatic heterocycles. The molecule has 4 rings (SSSR count). The van der Waals surface area contributed by atoms with Gasteiger partial charge in [-0.2, -0.15) is 13.2 Å². The van der Waals surface area contributed by atoms with E-state index < -0.39 is 18.1 Å². The van der Waals surface area contributed by atoms with E-state index in [0.717, 1.165) is 41.6 Å². The molecule has 2 aliphatic rings. The van der Waals surface area contributed by atoms with Crippen LogP contribution in [0, 0.1) is 11.3 Å². The second-order valence-corrected chi connectivity index (χ2v) is 9.96. The van der Waals surface area contributed by atoms with Crippen molar-refractivity contribution in [2.45, 2.75) is 45.2 Å². The Labute approximate surface area is 208 Å². The van der Waals surface area contributed by atoms with Gasteiger partial charge in [0.2, 0.25) is 0 Å². The summed E-state index contributed by atoms with van der Waals surface area (Å²) in [6.07, 6.45) is -4.11. The van der Waals surface area contributed by atoms with E-state index in [9.17, 15) is 22.8 Å². The Morgan fingerprint density at radius 2 is 1.89 bits per heavy atom. The molecule has 194 valence electrons. The summed E-state index contributed by atoms with van der Waals surface area (Å²) in [7, 11) is 2.05. The number of hydrogen-bond donors (Lipinski definition) is 1. The highest BCUT2D eigenvalue weighted by Gasteiger charge is 2.50. The van der Waals surface area contributed by atoms with Crippen LogP contribution < -0.4 is 15.0 Å². The first-order valence-corrected chi connectivity index (χ1v) is 11.9. The number of likely N-dealkylation sites (N-methyl/N-ethyl adjacent to an activating group) is 1. The number of hydrogen-bond acceptors (Lipinski definition) is 7. The van der Waals surface area contributed by atoms with Gasteiger partial charge in [-0.05, 0) is 53.5 Å². The van der Waals surface area contributed by atoms with Crippen molar-refractivity contribution in [3.8, 4) is 5.75 Å². The van der Waals surface area contributed by atoms with Crippen molar-refractivity contribution in [3.63, 3.8) is 0 Å². The summed E-state index contributed by atoms with van der Waals surface area (Å²) in [5.41, 5.74) is 2.78. The molecule has 2 atom stereocenters. The molecular formula is C26H30F3N3O4. The van der Waals surface area contributed by atoms with Crippen LogP contribution in [-0.4, -0.2) is 49.8 Å². The van der Waals surface area contributed by atoms with E-state index in [4.69, 9.17) is 4.74 Å². The zero-order valence-electron chi connectivity index (χ0n) is 20.5. The largest absolute Gasteiger partial charge is 0.493 e. The average Bonchev–Trinajstić information content (AvgIpc) is 2.82. The number of halogens is 3. The molecule has 0 saturated heterocycles. The predicted molar refractivity (Wildman–Crippen MR) is 128 cm³/mol. The third kappa shape index (κ3) is 5.57. The second-order valence-electron chi connectivity index (χ2n) is 9.96. The molecule has 0 bridgehead atoms. The number of nitrogens with one attached hydrogen (secondary N) is 1. The first-order chi connectivity index (χ1) is 16.9. The fourth-order valence-corrected chi connectivity index (χ4v) is 4.93. The van der Waals surface area contributed by atoms with Crippen LogP contribution in [-0.2, 0) is 20.7 Å². The van der Waals surface area contributed by atoms with E-state index in [1.165, 1.54) is 0 Å². The van der Waals surface area contributed by atoms with Crippen molar-refractivity contribution in [1.29, 1.82) is 0 Å².